The Bertz CT molecular complexity index is 336. The third kappa shape index (κ3) is 4.21. The van der Waals surface area contributed by atoms with Crippen LogP contribution in [0.2, 0.25) is 6.04 Å². The highest BCUT2D eigenvalue weighted by atomic mass is 28.3. The molecular weight excluding hydrogens is 238 g/mol. The van der Waals surface area contributed by atoms with Crippen LogP contribution in [-0.4, -0.2) is 20.6 Å². The molecule has 0 bridgehead atoms. The highest BCUT2D eigenvalue weighted by Crippen LogP contribution is 2.25. The zero-order valence-corrected chi connectivity index (χ0v) is 12.8. The largest absolute Gasteiger partial charge is 0.413 e. The van der Waals surface area contributed by atoms with Crippen LogP contribution >= 0.6 is 0 Å². The van der Waals surface area contributed by atoms with Gasteiger partial charge in [0.1, 0.15) is 0 Å². The second-order valence-corrected chi connectivity index (χ2v) is 8.23. The zero-order valence-electron chi connectivity index (χ0n) is 11.6. The number of aromatic nitrogens is 1. The number of rotatable bonds is 6. The van der Waals surface area contributed by atoms with Gasteiger partial charge in [-0.2, -0.15) is 0 Å². The van der Waals surface area contributed by atoms with Crippen LogP contribution in [0.25, 0.3) is 0 Å². The first-order valence-electron chi connectivity index (χ1n) is 7.28. The first kappa shape index (κ1) is 13.8. The monoisotopic (exact) mass is 263 g/mol. The minimum Gasteiger partial charge on any atom is -0.413 e. The lowest BCUT2D eigenvalue weighted by atomic mass is 10.1. The molecule has 1 unspecified atom stereocenters. The van der Waals surface area contributed by atoms with Crippen LogP contribution in [0.1, 0.15) is 39.5 Å². The van der Waals surface area contributed by atoms with Crippen LogP contribution in [-0.2, 0) is 4.43 Å². The number of hydrogen-bond donors (Lipinski definition) is 0. The van der Waals surface area contributed by atoms with E-state index in [9.17, 15) is 0 Å². The van der Waals surface area contributed by atoms with E-state index >= 15 is 0 Å². The van der Waals surface area contributed by atoms with E-state index in [0.29, 0.717) is 5.92 Å². The van der Waals surface area contributed by atoms with E-state index in [2.05, 4.69) is 31.0 Å². The standard InChI is InChI=1S/C15H25NOSi/c1-13(2)12-18(15-9-5-6-10-16-15)17-11-14-7-3-4-8-14/h5-6,9-10,13-14,18H,3-4,7-8,11-12H2,1-2H3. The maximum absolute atomic E-state index is 6.30. The summed E-state index contributed by atoms with van der Waals surface area (Å²) >= 11 is 0. The van der Waals surface area contributed by atoms with Crippen LogP contribution in [0.3, 0.4) is 0 Å². The third-order valence-electron chi connectivity index (χ3n) is 3.71. The topological polar surface area (TPSA) is 22.1 Å². The van der Waals surface area contributed by atoms with E-state index in [-0.39, 0.29) is 0 Å². The van der Waals surface area contributed by atoms with Gasteiger partial charge in [-0.1, -0.05) is 32.8 Å². The molecule has 0 aromatic carbocycles. The molecule has 1 heterocycles. The molecule has 1 aromatic rings. The predicted octanol–water partition coefficient (Wildman–Crippen LogP) is 2.88. The summed E-state index contributed by atoms with van der Waals surface area (Å²) in [6.07, 6.45) is 7.42. The molecule has 1 aliphatic carbocycles. The van der Waals surface area contributed by atoms with Crippen LogP contribution in [0.15, 0.2) is 24.4 Å². The lowest BCUT2D eigenvalue weighted by Crippen LogP contribution is -2.38. The molecule has 0 amide bonds. The fourth-order valence-corrected chi connectivity index (χ4v) is 5.19. The van der Waals surface area contributed by atoms with Gasteiger partial charge >= 0.3 is 0 Å². The summed E-state index contributed by atoms with van der Waals surface area (Å²) in [6, 6.07) is 7.42. The van der Waals surface area contributed by atoms with Crippen molar-refractivity contribution < 1.29 is 4.43 Å². The summed E-state index contributed by atoms with van der Waals surface area (Å²) in [5, 5.41) is 1.23. The Morgan fingerprint density at radius 1 is 1.33 bits per heavy atom. The van der Waals surface area contributed by atoms with Gasteiger partial charge in [0.25, 0.3) is 0 Å². The van der Waals surface area contributed by atoms with E-state index in [1.807, 2.05) is 12.3 Å². The van der Waals surface area contributed by atoms with E-state index in [4.69, 9.17) is 4.43 Å². The van der Waals surface area contributed by atoms with Gasteiger partial charge in [0.05, 0.1) is 5.32 Å². The molecule has 1 aromatic heterocycles. The summed E-state index contributed by atoms with van der Waals surface area (Å²) in [5.74, 6) is 1.52. The lowest BCUT2D eigenvalue weighted by Gasteiger charge is -2.20. The predicted molar refractivity (Wildman–Crippen MR) is 78.6 cm³/mol. The Balaban J connectivity index is 1.92. The molecule has 18 heavy (non-hydrogen) atoms. The van der Waals surface area contributed by atoms with Gasteiger partial charge in [0.2, 0.25) is 9.04 Å². The molecule has 0 radical (unpaired) electrons. The minimum absolute atomic E-state index is 0.701. The van der Waals surface area contributed by atoms with Gasteiger partial charge in [-0.3, -0.25) is 4.98 Å². The number of nitrogens with zero attached hydrogens (tertiary/aromatic N) is 1. The van der Waals surface area contributed by atoms with Crippen molar-refractivity contribution in [3.8, 4) is 0 Å². The highest BCUT2D eigenvalue weighted by molar-refractivity contribution is 6.66. The van der Waals surface area contributed by atoms with E-state index in [0.717, 1.165) is 12.5 Å². The van der Waals surface area contributed by atoms with Crippen molar-refractivity contribution in [1.82, 2.24) is 4.98 Å². The molecule has 2 rings (SSSR count). The van der Waals surface area contributed by atoms with Crippen molar-refractivity contribution in [3.05, 3.63) is 24.4 Å². The summed E-state index contributed by atoms with van der Waals surface area (Å²) in [4.78, 5) is 4.51. The van der Waals surface area contributed by atoms with Crippen LogP contribution in [0, 0.1) is 11.8 Å². The van der Waals surface area contributed by atoms with Crippen LogP contribution in [0.4, 0.5) is 0 Å². The molecule has 2 nitrogen and oxygen atoms in total. The van der Waals surface area contributed by atoms with Gasteiger partial charge in [-0.25, -0.2) is 0 Å². The first-order valence-corrected chi connectivity index (χ1v) is 9.14. The van der Waals surface area contributed by atoms with Gasteiger partial charge in [-0.05, 0) is 42.9 Å². The molecule has 0 saturated heterocycles. The van der Waals surface area contributed by atoms with E-state index in [1.54, 1.807) is 0 Å². The van der Waals surface area contributed by atoms with Crippen molar-refractivity contribution in [3.63, 3.8) is 0 Å². The average Bonchev–Trinajstić information content (AvgIpc) is 2.88. The fraction of sp³-hybridized carbons (Fsp3) is 0.667. The lowest BCUT2D eigenvalue weighted by molar-refractivity contribution is 0.254. The van der Waals surface area contributed by atoms with Crippen LogP contribution < -0.4 is 5.32 Å². The molecule has 0 aliphatic heterocycles. The Hall–Kier alpha value is -0.673. The normalized spacial score (nSPS) is 18.4. The number of hydrogen-bond acceptors (Lipinski definition) is 2. The Kier molecular flexibility index (Phi) is 5.38. The maximum Gasteiger partial charge on any atom is 0.227 e. The quantitative estimate of drug-likeness (QED) is 0.736. The Labute approximate surface area is 113 Å². The highest BCUT2D eigenvalue weighted by Gasteiger charge is 2.21. The smallest absolute Gasteiger partial charge is 0.227 e. The zero-order chi connectivity index (χ0) is 12.8. The van der Waals surface area contributed by atoms with Crippen molar-refractivity contribution in [2.75, 3.05) is 6.61 Å². The average molecular weight is 263 g/mol. The van der Waals surface area contributed by atoms with Crippen molar-refractivity contribution in [2.24, 2.45) is 11.8 Å². The molecule has 1 fully saturated rings. The third-order valence-corrected chi connectivity index (χ3v) is 6.68. The van der Waals surface area contributed by atoms with Gasteiger partial charge in [-0.15, -0.1) is 0 Å². The second-order valence-electron chi connectivity index (χ2n) is 5.86. The number of pyridine rings is 1. The van der Waals surface area contributed by atoms with Gasteiger partial charge < -0.3 is 4.43 Å². The Morgan fingerprint density at radius 2 is 2.11 bits per heavy atom. The first-order chi connectivity index (χ1) is 8.75. The van der Waals surface area contributed by atoms with Gasteiger partial charge in [0, 0.05) is 12.8 Å². The minimum atomic E-state index is -1.32. The van der Waals surface area contributed by atoms with E-state index in [1.165, 1.54) is 37.0 Å². The maximum atomic E-state index is 6.30. The van der Waals surface area contributed by atoms with Gasteiger partial charge in [0.15, 0.2) is 0 Å². The molecule has 0 N–H and O–H groups in total. The summed E-state index contributed by atoms with van der Waals surface area (Å²) in [7, 11) is -1.32. The molecule has 100 valence electrons. The molecule has 1 saturated carbocycles. The summed E-state index contributed by atoms with van der Waals surface area (Å²) < 4.78 is 6.30. The molecule has 1 atom stereocenters. The van der Waals surface area contributed by atoms with Crippen LogP contribution in [0.5, 0.6) is 0 Å². The SMILES string of the molecule is CC(C)C[SiH](OCC1CCCC1)c1ccccn1. The second kappa shape index (κ2) is 7.05. The summed E-state index contributed by atoms with van der Waals surface area (Å²) in [6.45, 7) is 5.53. The Morgan fingerprint density at radius 3 is 2.72 bits per heavy atom. The molecule has 0 spiro atoms. The molecule has 3 heteroatoms. The van der Waals surface area contributed by atoms with Crippen molar-refractivity contribution in [2.45, 2.75) is 45.6 Å². The molecule has 1 aliphatic rings. The van der Waals surface area contributed by atoms with Crippen molar-refractivity contribution in [1.29, 1.82) is 0 Å². The van der Waals surface area contributed by atoms with Crippen molar-refractivity contribution >= 4 is 14.4 Å². The fourth-order valence-electron chi connectivity index (χ4n) is 2.70. The molecular formula is C15H25NOSi. The van der Waals surface area contributed by atoms with E-state index < -0.39 is 9.04 Å². The summed E-state index contributed by atoms with van der Waals surface area (Å²) in [5.41, 5.74) is 0.